The Kier molecular flexibility index (Phi) is 3.81. The molecule has 0 bridgehead atoms. The highest BCUT2D eigenvalue weighted by Crippen LogP contribution is 2.39. The summed E-state index contributed by atoms with van der Waals surface area (Å²) in [7, 11) is 3.24. The number of amidine groups is 1. The fraction of sp³-hybridized carbons (Fsp3) is 0.364. The number of thioether (sulfide) groups is 1. The second-order valence-electron chi connectivity index (χ2n) is 3.81. The summed E-state index contributed by atoms with van der Waals surface area (Å²) >= 11 is 4.56. The lowest BCUT2D eigenvalue weighted by Gasteiger charge is -2.09. The van der Waals surface area contributed by atoms with Gasteiger partial charge in [0.25, 0.3) is 10.4 Å². The van der Waals surface area contributed by atoms with E-state index < -0.39 is 0 Å². The van der Waals surface area contributed by atoms with Crippen molar-refractivity contribution < 1.29 is 9.47 Å². The van der Waals surface area contributed by atoms with Crippen LogP contribution in [0.2, 0.25) is 0 Å². The molecule has 0 amide bonds. The molecule has 0 radical (unpaired) electrons. The average molecular weight is 328 g/mol. The molecule has 0 saturated heterocycles. The van der Waals surface area contributed by atoms with Crippen LogP contribution in [-0.2, 0) is 6.42 Å². The number of thiazole rings is 2. The summed E-state index contributed by atoms with van der Waals surface area (Å²) in [5.41, 5.74) is 0. The second-order valence-corrected chi connectivity index (χ2v) is 6.70. The molecule has 0 saturated carbocycles. The van der Waals surface area contributed by atoms with Gasteiger partial charge in [-0.1, -0.05) is 34.4 Å². The summed E-state index contributed by atoms with van der Waals surface area (Å²) in [6.07, 6.45) is 2.69. The van der Waals surface area contributed by atoms with Gasteiger partial charge in [0.15, 0.2) is 16.8 Å². The first-order valence-corrected chi connectivity index (χ1v) is 8.56. The van der Waals surface area contributed by atoms with E-state index in [1.165, 1.54) is 34.4 Å². The molecule has 0 atom stereocenters. The van der Waals surface area contributed by atoms with Crippen molar-refractivity contribution in [1.29, 1.82) is 0 Å². The third kappa shape index (κ3) is 2.48. The van der Waals surface area contributed by atoms with Crippen LogP contribution in [0, 0.1) is 0 Å². The molecular formula is C11H12N4O2S3. The van der Waals surface area contributed by atoms with Crippen LogP contribution in [0.4, 0.5) is 11.6 Å². The molecule has 3 heterocycles. The first kappa shape index (κ1) is 13.7. The maximum Gasteiger partial charge on any atom is 0.275 e. The lowest BCUT2D eigenvalue weighted by molar-refractivity contribution is 0.412. The minimum Gasteiger partial charge on any atom is -0.473 e. The van der Waals surface area contributed by atoms with Crippen LogP contribution >= 0.6 is 34.4 Å². The Balaban J connectivity index is 2.09. The smallest absolute Gasteiger partial charge is 0.275 e. The molecule has 106 valence electrons. The standard InChI is InChI=1S/C11H12N4O2S3/c1-16-10-14-7-5(19-10)4-6-8(13-9(12-7)18-3)15-11(17-2)20-6/h4H2,1-3H3,(H,12,13). The fourth-order valence-electron chi connectivity index (χ4n) is 1.72. The zero-order valence-corrected chi connectivity index (χ0v) is 13.5. The molecule has 3 rings (SSSR count). The highest BCUT2D eigenvalue weighted by Gasteiger charge is 2.21. The molecular weight excluding hydrogens is 316 g/mol. The lowest BCUT2D eigenvalue weighted by Crippen LogP contribution is -2.10. The van der Waals surface area contributed by atoms with E-state index in [1.54, 1.807) is 14.2 Å². The molecule has 9 heteroatoms. The molecule has 0 aromatic carbocycles. The maximum atomic E-state index is 5.22. The van der Waals surface area contributed by atoms with Crippen LogP contribution in [0.5, 0.6) is 10.4 Å². The van der Waals surface area contributed by atoms with Crippen molar-refractivity contribution in [3.05, 3.63) is 9.75 Å². The van der Waals surface area contributed by atoms with E-state index >= 15 is 0 Å². The van der Waals surface area contributed by atoms with Crippen molar-refractivity contribution in [2.75, 3.05) is 25.8 Å². The van der Waals surface area contributed by atoms with Crippen LogP contribution in [-0.4, -0.2) is 35.6 Å². The number of aromatic nitrogens is 2. The number of nitrogens with zero attached hydrogens (tertiary/aromatic N) is 3. The first-order chi connectivity index (χ1) is 9.73. The summed E-state index contributed by atoms with van der Waals surface area (Å²) in [6.45, 7) is 0. The van der Waals surface area contributed by atoms with Crippen LogP contribution in [0.1, 0.15) is 9.75 Å². The topological polar surface area (TPSA) is 68.6 Å². The van der Waals surface area contributed by atoms with Gasteiger partial charge in [-0.15, -0.1) is 0 Å². The normalized spacial score (nSPS) is 16.1. The molecule has 1 aliphatic heterocycles. The number of aliphatic imine (C=N–C) groups is 1. The molecule has 0 spiro atoms. The Labute approximate surface area is 128 Å². The zero-order chi connectivity index (χ0) is 14.1. The van der Waals surface area contributed by atoms with Gasteiger partial charge in [0.05, 0.1) is 24.0 Å². The molecule has 1 aliphatic rings. The zero-order valence-electron chi connectivity index (χ0n) is 11.1. The maximum absolute atomic E-state index is 5.22. The minimum atomic E-state index is 0.624. The SMILES string of the molecule is COc1nc2c(s1)Cc1sc(OC)nc1N/C(SC)=N\2. The first-order valence-electron chi connectivity index (χ1n) is 5.70. The summed E-state index contributed by atoms with van der Waals surface area (Å²) < 4.78 is 10.4. The number of nitrogens with one attached hydrogen (secondary N) is 1. The van der Waals surface area contributed by atoms with Crippen molar-refractivity contribution in [3.63, 3.8) is 0 Å². The van der Waals surface area contributed by atoms with Crippen LogP contribution in [0.25, 0.3) is 0 Å². The quantitative estimate of drug-likeness (QED) is 0.914. The van der Waals surface area contributed by atoms with Gasteiger partial charge < -0.3 is 14.8 Å². The largest absolute Gasteiger partial charge is 0.473 e. The van der Waals surface area contributed by atoms with Crippen molar-refractivity contribution in [3.8, 4) is 10.4 Å². The van der Waals surface area contributed by atoms with Crippen molar-refractivity contribution >= 4 is 51.2 Å². The number of ether oxygens (including phenoxy) is 2. The number of fused-ring (bicyclic) bond motifs is 2. The predicted octanol–water partition coefficient (Wildman–Crippen LogP) is 2.98. The molecule has 2 aromatic rings. The Morgan fingerprint density at radius 2 is 1.80 bits per heavy atom. The molecule has 0 fully saturated rings. The number of hydrogen-bond acceptors (Lipinski definition) is 9. The third-order valence-electron chi connectivity index (χ3n) is 2.63. The van der Waals surface area contributed by atoms with Crippen LogP contribution in [0.3, 0.4) is 0 Å². The molecule has 0 aliphatic carbocycles. The van der Waals surface area contributed by atoms with Gasteiger partial charge in [-0.3, -0.25) is 0 Å². The van der Waals surface area contributed by atoms with E-state index in [0.29, 0.717) is 16.2 Å². The lowest BCUT2D eigenvalue weighted by atomic mass is 10.3. The summed E-state index contributed by atoms with van der Waals surface area (Å²) in [5.74, 6) is 1.51. The molecule has 20 heavy (non-hydrogen) atoms. The number of hydrogen-bond donors (Lipinski definition) is 1. The van der Waals surface area contributed by atoms with E-state index in [1.807, 2.05) is 6.26 Å². The highest BCUT2D eigenvalue weighted by atomic mass is 32.2. The van der Waals surface area contributed by atoms with Gasteiger partial charge >= 0.3 is 0 Å². The molecule has 1 N–H and O–H groups in total. The highest BCUT2D eigenvalue weighted by molar-refractivity contribution is 8.13. The summed E-state index contributed by atoms with van der Waals surface area (Å²) in [5, 5.41) is 5.25. The number of rotatable bonds is 2. The van der Waals surface area contributed by atoms with E-state index in [2.05, 4.69) is 20.3 Å². The molecule has 2 aromatic heterocycles. The van der Waals surface area contributed by atoms with E-state index in [0.717, 1.165) is 27.2 Å². The predicted molar refractivity (Wildman–Crippen MR) is 84.4 cm³/mol. The van der Waals surface area contributed by atoms with Crippen LogP contribution in [0.15, 0.2) is 4.99 Å². The van der Waals surface area contributed by atoms with Gasteiger partial charge in [-0.05, 0) is 6.26 Å². The Hall–Kier alpha value is -1.32. The summed E-state index contributed by atoms with van der Waals surface area (Å²) in [4.78, 5) is 15.5. The van der Waals surface area contributed by atoms with Crippen molar-refractivity contribution in [1.82, 2.24) is 9.97 Å². The Morgan fingerprint density at radius 3 is 2.50 bits per heavy atom. The number of methoxy groups -OCH3 is 2. The van der Waals surface area contributed by atoms with Gasteiger partial charge in [0.2, 0.25) is 0 Å². The fourth-order valence-corrected chi connectivity index (χ4v) is 3.85. The molecule has 0 unspecified atom stereocenters. The van der Waals surface area contributed by atoms with Gasteiger partial charge in [-0.2, -0.15) is 9.97 Å². The van der Waals surface area contributed by atoms with Crippen LogP contribution < -0.4 is 14.8 Å². The van der Waals surface area contributed by atoms with E-state index in [-0.39, 0.29) is 0 Å². The Morgan fingerprint density at radius 1 is 1.10 bits per heavy atom. The van der Waals surface area contributed by atoms with Crippen molar-refractivity contribution in [2.24, 2.45) is 4.99 Å². The minimum absolute atomic E-state index is 0.624. The monoisotopic (exact) mass is 328 g/mol. The summed E-state index contributed by atoms with van der Waals surface area (Å²) in [6, 6.07) is 0. The second kappa shape index (κ2) is 5.58. The van der Waals surface area contributed by atoms with Gasteiger partial charge in [-0.25, -0.2) is 4.99 Å². The van der Waals surface area contributed by atoms with Gasteiger partial charge in [0.1, 0.15) is 0 Å². The number of anilines is 1. The van der Waals surface area contributed by atoms with E-state index in [9.17, 15) is 0 Å². The third-order valence-corrected chi connectivity index (χ3v) is 5.23. The average Bonchev–Trinajstić information content (AvgIpc) is 3.01. The van der Waals surface area contributed by atoms with Gasteiger partial charge in [0, 0.05) is 6.42 Å². The Bertz CT molecular complexity index is 665. The van der Waals surface area contributed by atoms with E-state index in [4.69, 9.17) is 9.47 Å². The van der Waals surface area contributed by atoms with Crippen molar-refractivity contribution in [2.45, 2.75) is 6.42 Å². The molecule has 6 nitrogen and oxygen atoms in total.